The Hall–Kier alpha value is -6.29. The Morgan fingerprint density at radius 3 is 1.38 bits per heavy atom. The quantitative estimate of drug-likeness (QED) is 0.0909. The summed E-state index contributed by atoms with van der Waals surface area (Å²) in [5.74, 6) is 3.85. The van der Waals surface area contributed by atoms with Crippen molar-refractivity contribution in [3.8, 4) is 5.75 Å². The van der Waals surface area contributed by atoms with Crippen LogP contribution >= 0.6 is 0 Å². The number of ether oxygens (including phenoxy) is 1. The third-order valence-electron chi connectivity index (χ3n) is 12.6. The zero-order valence-corrected chi connectivity index (χ0v) is 55.7. The number of benzene rings is 3. The van der Waals surface area contributed by atoms with E-state index in [0.29, 0.717) is 43.1 Å². The zero-order valence-electron chi connectivity index (χ0n) is 55.7. The Morgan fingerprint density at radius 1 is 0.558 bits per heavy atom. The summed E-state index contributed by atoms with van der Waals surface area (Å²) in [5.41, 5.74) is 5.14. The molecule has 486 valence electrons. The molecular formula is C71H115N3O12. The normalized spacial score (nSPS) is 15.0. The number of piperidine rings is 1. The average molecular weight is 1200 g/mol. The molecule has 0 aromatic heterocycles. The number of aldehydes is 11. The topological polar surface area (TPSA) is 207 Å². The molecule has 86 heavy (non-hydrogen) atoms. The maximum atomic E-state index is 10.4. The molecular weight excluding hydrogens is 1090 g/mol. The molecule has 1 saturated carbocycles. The highest BCUT2D eigenvalue weighted by molar-refractivity contribution is 5.75. The largest absolute Gasteiger partial charge is 0.486 e. The summed E-state index contributed by atoms with van der Waals surface area (Å²) in [7, 11) is 7.82. The number of para-hydroxylation sites is 1. The summed E-state index contributed by atoms with van der Waals surface area (Å²) in [6.45, 7) is 27.0. The van der Waals surface area contributed by atoms with Gasteiger partial charge in [-0.05, 0) is 146 Å². The summed E-state index contributed by atoms with van der Waals surface area (Å²) in [6.07, 6.45) is 24.7. The second-order valence-corrected chi connectivity index (χ2v) is 22.4. The highest BCUT2D eigenvalue weighted by Gasteiger charge is 2.21. The lowest BCUT2D eigenvalue weighted by atomic mass is 9.84. The Balaban J connectivity index is -0.000000284. The van der Waals surface area contributed by atoms with Gasteiger partial charge in [0.2, 0.25) is 0 Å². The van der Waals surface area contributed by atoms with Crippen LogP contribution in [-0.4, -0.2) is 151 Å². The second-order valence-electron chi connectivity index (χ2n) is 22.4. The number of hydrogen-bond acceptors (Lipinski definition) is 15. The fourth-order valence-electron chi connectivity index (χ4n) is 7.54. The van der Waals surface area contributed by atoms with Crippen LogP contribution < -0.4 is 4.74 Å². The summed E-state index contributed by atoms with van der Waals surface area (Å²) in [6, 6.07) is 23.1. The number of likely N-dealkylation sites (tertiary alicyclic amines) is 2. The van der Waals surface area contributed by atoms with E-state index in [1.165, 1.54) is 24.0 Å². The van der Waals surface area contributed by atoms with Gasteiger partial charge >= 0.3 is 0 Å². The number of hydrogen-bond donors (Lipinski definition) is 0. The molecule has 0 bridgehead atoms. The molecule has 0 unspecified atom stereocenters. The first kappa shape index (κ1) is 88.5. The molecule has 2 heterocycles. The molecule has 0 spiro atoms. The molecule has 1 atom stereocenters. The van der Waals surface area contributed by atoms with E-state index in [1.54, 1.807) is 0 Å². The van der Waals surface area contributed by atoms with Crippen molar-refractivity contribution in [2.45, 2.75) is 166 Å². The van der Waals surface area contributed by atoms with E-state index in [1.807, 2.05) is 127 Å². The predicted octanol–water partition coefficient (Wildman–Crippen LogP) is 12.7. The standard InChI is InChI=1S/C10H12O2.C10H12O.C9H10O.C8H14O.C7H13NO.C7H14O.C5H9NO.C4H9NO.2C4H8O.C3H6O/c1-2-9-5-3-4-6-10(9)12-8-7-11;1-2-4-9-5-3-6-10(7-9)8-11;1-2-8-4-3-5-9(6-8)7-10;1-7-2-4-8(6-9)5-3-7;1-8-4-2-7(6-9)3-5-8;1-6(2)4-7(3)5-8;1-6-2-5(3-6)4-7;1-5(2)3-4-6;1-4(2)3-5;1-2-3-4-5;1-2-3-4/h3-7H,2,8H2,1H3;3,5-8H,2,4H2,1H3;3-7H,2H2,1H3;6-8H,2-5H2,1H3;6-7H,2-5H2,1H3;5-7H,4H2,1-3H3;4-5H,2-3H2,1H3;4H,3H2,1-2H3;3-4H,1-2H3;4H,2-3H2,1H3;3H,2H2,1H3/t;;;;;7-;;;;;/m.....0...../s1. The van der Waals surface area contributed by atoms with Gasteiger partial charge in [0.25, 0.3) is 0 Å². The maximum absolute atomic E-state index is 10.4. The number of likely N-dealkylation sites (N-methyl/N-ethyl adjacent to an activating group) is 1. The lowest BCUT2D eigenvalue weighted by Gasteiger charge is -2.31. The van der Waals surface area contributed by atoms with Gasteiger partial charge in [0.05, 0.1) is 6.54 Å². The smallest absolute Gasteiger partial charge is 0.157 e. The highest BCUT2D eigenvalue weighted by atomic mass is 16.5. The van der Waals surface area contributed by atoms with Gasteiger partial charge in [0.1, 0.15) is 75.2 Å². The maximum Gasteiger partial charge on any atom is 0.157 e. The minimum absolute atomic E-state index is 0.136. The molecule has 2 saturated heterocycles. The minimum Gasteiger partial charge on any atom is -0.486 e. The van der Waals surface area contributed by atoms with Crippen molar-refractivity contribution in [2.24, 2.45) is 41.4 Å². The van der Waals surface area contributed by atoms with E-state index in [4.69, 9.17) is 4.74 Å². The molecule has 6 rings (SSSR count). The predicted molar refractivity (Wildman–Crippen MR) is 352 cm³/mol. The Morgan fingerprint density at radius 2 is 1.06 bits per heavy atom. The Bertz CT molecular complexity index is 2100. The highest BCUT2D eigenvalue weighted by Crippen LogP contribution is 2.26. The number of unbranched alkanes of at least 4 members (excludes halogenated alkanes) is 1. The van der Waals surface area contributed by atoms with E-state index in [2.05, 4.69) is 64.5 Å². The fraction of sp³-hybridized carbons (Fsp3) is 0.592. The minimum atomic E-state index is 0.136. The Kier molecular flexibility index (Phi) is 66.6. The van der Waals surface area contributed by atoms with Gasteiger partial charge in [-0.3, -0.25) is 14.4 Å². The van der Waals surface area contributed by atoms with Crippen LogP contribution in [0.5, 0.6) is 5.75 Å². The lowest BCUT2D eigenvalue weighted by Crippen LogP contribution is -2.44. The first-order valence-electron chi connectivity index (χ1n) is 30.9. The first-order chi connectivity index (χ1) is 41.1. The van der Waals surface area contributed by atoms with E-state index in [0.717, 1.165) is 188 Å². The second kappa shape index (κ2) is 64.7. The van der Waals surface area contributed by atoms with Crippen molar-refractivity contribution in [2.75, 3.05) is 67.5 Å². The van der Waals surface area contributed by atoms with Crippen molar-refractivity contribution in [3.63, 3.8) is 0 Å². The van der Waals surface area contributed by atoms with Gasteiger partial charge in [0, 0.05) is 66.6 Å². The fourth-order valence-corrected chi connectivity index (χ4v) is 7.54. The molecule has 3 aromatic rings. The molecule has 0 N–H and O–H groups in total. The van der Waals surface area contributed by atoms with Crippen molar-refractivity contribution >= 4 is 69.1 Å². The van der Waals surface area contributed by atoms with Crippen LogP contribution in [0.1, 0.15) is 184 Å². The number of aryl methyl sites for hydroxylation is 3. The molecule has 3 fully saturated rings. The van der Waals surface area contributed by atoms with Crippen LogP contribution in [0.3, 0.4) is 0 Å². The van der Waals surface area contributed by atoms with Gasteiger partial charge in [-0.1, -0.05) is 150 Å². The number of carbonyl (C=O) groups excluding carboxylic acids is 11. The van der Waals surface area contributed by atoms with Crippen LogP contribution in [0, 0.1) is 41.4 Å². The Labute approximate surface area is 520 Å². The lowest BCUT2D eigenvalue weighted by molar-refractivity contribution is -0.115. The van der Waals surface area contributed by atoms with Crippen LogP contribution in [-0.2, 0) is 62.4 Å². The summed E-state index contributed by atoms with van der Waals surface area (Å²) in [4.78, 5) is 115. The van der Waals surface area contributed by atoms with Crippen molar-refractivity contribution in [1.82, 2.24) is 14.7 Å². The van der Waals surface area contributed by atoms with Crippen molar-refractivity contribution in [1.29, 1.82) is 0 Å². The van der Waals surface area contributed by atoms with Gasteiger partial charge < -0.3 is 57.8 Å². The van der Waals surface area contributed by atoms with Gasteiger partial charge in [-0.2, -0.15) is 0 Å². The van der Waals surface area contributed by atoms with Crippen LogP contribution in [0.4, 0.5) is 0 Å². The van der Waals surface area contributed by atoms with Crippen LogP contribution in [0.15, 0.2) is 72.8 Å². The van der Waals surface area contributed by atoms with E-state index in [-0.39, 0.29) is 18.4 Å². The molecule has 0 radical (unpaired) electrons. The van der Waals surface area contributed by atoms with Crippen molar-refractivity contribution in [3.05, 3.63) is 101 Å². The van der Waals surface area contributed by atoms with Gasteiger partial charge in [0.15, 0.2) is 6.29 Å². The summed E-state index contributed by atoms with van der Waals surface area (Å²) < 4.78 is 5.21. The third-order valence-corrected chi connectivity index (χ3v) is 12.6. The molecule has 0 amide bonds. The molecule has 3 aromatic carbocycles. The van der Waals surface area contributed by atoms with Crippen LogP contribution in [0.25, 0.3) is 0 Å². The number of rotatable bonds is 21. The van der Waals surface area contributed by atoms with E-state index >= 15 is 0 Å². The molecule has 15 nitrogen and oxygen atoms in total. The SMILES string of the molecule is CC(C)C=O.CC(C)C[C@H](C)C=O.CC1CCC(C=O)CC1.CCC=O.CCCC=O.CCCc1cccc(C=O)c1.CCc1cccc(C=O)c1.CCc1ccccc1OCC=O.CN(C)CC=O.CN1CC(C=O)C1.CN1CCC(C=O)CC1. The van der Waals surface area contributed by atoms with E-state index in [9.17, 15) is 52.7 Å². The molecule has 1 aliphatic carbocycles. The number of carbonyl (C=O) groups is 11. The summed E-state index contributed by atoms with van der Waals surface area (Å²) in [5, 5.41) is 0. The summed E-state index contributed by atoms with van der Waals surface area (Å²) >= 11 is 0. The van der Waals surface area contributed by atoms with Gasteiger partial charge in [-0.25, -0.2) is 0 Å². The monoisotopic (exact) mass is 1200 g/mol. The number of nitrogens with zero attached hydrogens (tertiary/aromatic N) is 3. The zero-order chi connectivity index (χ0) is 66.4. The van der Waals surface area contributed by atoms with Crippen molar-refractivity contribution < 1.29 is 57.5 Å². The average Bonchev–Trinajstić information content (AvgIpc) is 3.57. The molecule has 15 heteroatoms. The molecule has 3 aliphatic rings. The van der Waals surface area contributed by atoms with Crippen LogP contribution in [0.2, 0.25) is 0 Å². The third kappa shape index (κ3) is 59.4. The van der Waals surface area contributed by atoms with Gasteiger partial charge in [-0.15, -0.1) is 0 Å². The molecule has 2 aliphatic heterocycles. The van der Waals surface area contributed by atoms with E-state index < -0.39 is 0 Å². The first-order valence-corrected chi connectivity index (χ1v) is 30.9.